The second kappa shape index (κ2) is 13.3. The van der Waals surface area contributed by atoms with Gasteiger partial charge in [0.2, 0.25) is 0 Å². The van der Waals surface area contributed by atoms with Crippen molar-refractivity contribution < 1.29 is 0 Å². The minimum Gasteiger partial charge on any atom is -0.208 e. The Labute approximate surface area is 340 Å². The second-order valence-electron chi connectivity index (χ2n) is 17.3. The van der Waals surface area contributed by atoms with Gasteiger partial charge in [0.05, 0.1) is 0 Å². The van der Waals surface area contributed by atoms with Crippen LogP contribution in [0.3, 0.4) is 0 Å². The van der Waals surface area contributed by atoms with E-state index in [4.69, 9.17) is 15.0 Å². The third kappa shape index (κ3) is 5.36. The molecule has 3 heteroatoms. The molecular formula is C55H43N3. The smallest absolute Gasteiger partial charge is 0.164 e. The summed E-state index contributed by atoms with van der Waals surface area (Å²) in [5.41, 5.74) is 16.3. The molecule has 0 N–H and O–H groups in total. The first-order chi connectivity index (χ1) is 28.7. The maximum atomic E-state index is 5.18. The predicted molar refractivity (Wildman–Crippen MR) is 236 cm³/mol. The fourth-order valence-corrected chi connectivity index (χ4v) is 11.8. The van der Waals surface area contributed by atoms with Crippen LogP contribution in [-0.2, 0) is 5.41 Å². The Morgan fingerprint density at radius 2 is 0.741 bits per heavy atom. The van der Waals surface area contributed by atoms with E-state index in [0.29, 0.717) is 29.3 Å². The zero-order valence-electron chi connectivity index (χ0n) is 32.4. The van der Waals surface area contributed by atoms with Gasteiger partial charge in [-0.2, -0.15) is 0 Å². The molecule has 0 aliphatic heterocycles. The molecule has 5 aliphatic carbocycles. The van der Waals surface area contributed by atoms with Crippen LogP contribution in [0.1, 0.15) is 43.2 Å². The Kier molecular flexibility index (Phi) is 7.73. The summed E-state index contributed by atoms with van der Waals surface area (Å²) in [5, 5.41) is 0. The SMILES string of the molecule is c1ccc(-c2cc(-c3ccc4c(c3)C3(c5ccc(-c6ccccc6)cc5-4)C4CC5CC(C4)CC3C5)cc(-c3nc(-c4ccccc4)nc(-c4ccccc4)n3)c2)cc1. The van der Waals surface area contributed by atoms with Crippen LogP contribution >= 0.6 is 0 Å². The molecule has 0 amide bonds. The van der Waals surface area contributed by atoms with Gasteiger partial charge in [0.25, 0.3) is 0 Å². The molecule has 3 nitrogen and oxygen atoms in total. The minimum absolute atomic E-state index is 0.0621. The van der Waals surface area contributed by atoms with Gasteiger partial charge >= 0.3 is 0 Å². The summed E-state index contributed by atoms with van der Waals surface area (Å²) < 4.78 is 0. The first-order valence-electron chi connectivity index (χ1n) is 21.1. The molecule has 7 aromatic carbocycles. The molecule has 0 saturated heterocycles. The van der Waals surface area contributed by atoms with Gasteiger partial charge < -0.3 is 0 Å². The van der Waals surface area contributed by atoms with Crippen molar-refractivity contribution in [2.45, 2.75) is 37.5 Å². The van der Waals surface area contributed by atoms with Crippen LogP contribution in [0, 0.1) is 23.7 Å². The Morgan fingerprint density at radius 3 is 1.29 bits per heavy atom. The topological polar surface area (TPSA) is 38.7 Å². The van der Waals surface area contributed by atoms with Gasteiger partial charge in [0.1, 0.15) is 0 Å². The highest BCUT2D eigenvalue weighted by atomic mass is 15.0. The summed E-state index contributed by atoms with van der Waals surface area (Å²) in [4.78, 5) is 15.4. The fourth-order valence-electron chi connectivity index (χ4n) is 11.8. The molecule has 278 valence electrons. The van der Waals surface area contributed by atoms with Crippen LogP contribution in [0.4, 0.5) is 0 Å². The number of rotatable bonds is 6. The lowest BCUT2D eigenvalue weighted by Crippen LogP contribution is -2.55. The van der Waals surface area contributed by atoms with Crippen LogP contribution in [0.2, 0.25) is 0 Å². The van der Waals surface area contributed by atoms with E-state index in [-0.39, 0.29) is 5.41 Å². The third-order valence-electron chi connectivity index (χ3n) is 14.1. The van der Waals surface area contributed by atoms with Gasteiger partial charge in [-0.05, 0) is 142 Å². The molecule has 4 saturated carbocycles. The van der Waals surface area contributed by atoms with Crippen molar-refractivity contribution in [1.82, 2.24) is 15.0 Å². The van der Waals surface area contributed by atoms with Crippen LogP contribution in [-0.4, -0.2) is 15.0 Å². The highest BCUT2D eigenvalue weighted by Gasteiger charge is 2.61. The Bertz CT molecular complexity index is 2740. The zero-order chi connectivity index (χ0) is 38.2. The van der Waals surface area contributed by atoms with Crippen LogP contribution in [0.25, 0.3) is 78.7 Å². The van der Waals surface area contributed by atoms with Gasteiger partial charge in [-0.25, -0.2) is 15.0 Å². The number of nitrogens with zero attached hydrogens (tertiary/aromatic N) is 3. The maximum Gasteiger partial charge on any atom is 0.164 e. The highest BCUT2D eigenvalue weighted by molar-refractivity contribution is 5.89. The third-order valence-corrected chi connectivity index (χ3v) is 14.1. The molecule has 0 atom stereocenters. The zero-order valence-corrected chi connectivity index (χ0v) is 32.4. The number of fused-ring (bicyclic) bond motifs is 3. The Morgan fingerprint density at radius 1 is 0.310 bits per heavy atom. The summed E-state index contributed by atoms with van der Waals surface area (Å²) in [5.74, 6) is 5.16. The van der Waals surface area contributed by atoms with Gasteiger partial charge in [-0.15, -0.1) is 0 Å². The van der Waals surface area contributed by atoms with Crippen molar-refractivity contribution in [3.63, 3.8) is 0 Å². The minimum atomic E-state index is 0.0621. The summed E-state index contributed by atoms with van der Waals surface area (Å²) in [7, 11) is 0. The first kappa shape index (κ1) is 33.7. The van der Waals surface area contributed by atoms with Crippen molar-refractivity contribution in [1.29, 1.82) is 0 Å². The lowest BCUT2D eigenvalue weighted by molar-refractivity contribution is -0.0399. The van der Waals surface area contributed by atoms with E-state index in [2.05, 4.69) is 140 Å². The van der Waals surface area contributed by atoms with Gasteiger partial charge in [0.15, 0.2) is 17.5 Å². The van der Waals surface area contributed by atoms with Crippen molar-refractivity contribution in [2.24, 2.45) is 23.7 Å². The lowest BCUT2D eigenvalue weighted by Gasteiger charge is -2.61. The van der Waals surface area contributed by atoms with Crippen LogP contribution in [0.5, 0.6) is 0 Å². The van der Waals surface area contributed by atoms with E-state index in [1.165, 1.54) is 71.0 Å². The molecular weight excluding hydrogens is 703 g/mol. The number of aromatic nitrogens is 3. The molecule has 5 aliphatic rings. The molecule has 4 fully saturated rings. The molecule has 1 spiro atoms. The van der Waals surface area contributed by atoms with Crippen LogP contribution in [0.15, 0.2) is 176 Å². The molecule has 0 unspecified atom stereocenters. The predicted octanol–water partition coefficient (Wildman–Crippen LogP) is 13.6. The van der Waals surface area contributed by atoms with E-state index >= 15 is 0 Å². The van der Waals surface area contributed by atoms with Gasteiger partial charge in [-0.1, -0.05) is 146 Å². The number of hydrogen-bond acceptors (Lipinski definition) is 3. The molecule has 1 aromatic heterocycles. The highest BCUT2D eigenvalue weighted by Crippen LogP contribution is 2.69. The largest absolute Gasteiger partial charge is 0.208 e. The van der Waals surface area contributed by atoms with E-state index in [1.54, 1.807) is 11.1 Å². The monoisotopic (exact) mass is 745 g/mol. The Balaban J connectivity index is 1.06. The average Bonchev–Trinajstić information content (AvgIpc) is 3.58. The molecule has 0 radical (unpaired) electrons. The van der Waals surface area contributed by atoms with E-state index in [9.17, 15) is 0 Å². The van der Waals surface area contributed by atoms with Crippen molar-refractivity contribution >= 4 is 0 Å². The molecule has 13 rings (SSSR count). The normalized spacial score (nSPS) is 22.2. The molecule has 8 aromatic rings. The molecule has 4 bridgehead atoms. The standard InChI is InChI=1S/C55H43N3/c1-5-13-37(14-6-1)41-22-24-50-49(33-41)48-23-21-42(34-51(48)55(50)46-26-35-25-36(28-46)29-47(55)27-35)44-30-43(38-15-7-2-8-16-38)31-45(32-44)54-57-52(39-17-9-3-10-18-39)56-53(58-54)40-19-11-4-12-20-40/h1-24,30-36,46-47H,25-29H2. The number of hydrogen-bond donors (Lipinski definition) is 0. The van der Waals surface area contributed by atoms with Gasteiger partial charge in [0, 0.05) is 22.1 Å². The Hall–Kier alpha value is -6.45. The fraction of sp³-hybridized carbons (Fsp3) is 0.182. The quantitative estimate of drug-likeness (QED) is 0.170. The van der Waals surface area contributed by atoms with Crippen molar-refractivity contribution in [2.75, 3.05) is 0 Å². The summed E-state index contributed by atoms with van der Waals surface area (Å²) in [6, 6.07) is 64.0. The summed E-state index contributed by atoms with van der Waals surface area (Å²) >= 11 is 0. The second-order valence-corrected chi connectivity index (χ2v) is 17.3. The first-order valence-corrected chi connectivity index (χ1v) is 21.1. The molecule has 58 heavy (non-hydrogen) atoms. The summed E-state index contributed by atoms with van der Waals surface area (Å²) in [6.45, 7) is 0. The lowest BCUT2D eigenvalue weighted by atomic mass is 9.43. The van der Waals surface area contributed by atoms with Crippen LogP contribution < -0.4 is 0 Å². The maximum absolute atomic E-state index is 5.18. The van der Waals surface area contributed by atoms with E-state index in [1.807, 2.05) is 36.4 Å². The van der Waals surface area contributed by atoms with E-state index in [0.717, 1.165) is 34.1 Å². The van der Waals surface area contributed by atoms with Crippen molar-refractivity contribution in [3.8, 4) is 78.7 Å². The summed E-state index contributed by atoms with van der Waals surface area (Å²) in [6.07, 6.45) is 6.88. The van der Waals surface area contributed by atoms with E-state index < -0.39 is 0 Å². The van der Waals surface area contributed by atoms with Crippen molar-refractivity contribution in [3.05, 3.63) is 187 Å². The van der Waals surface area contributed by atoms with Gasteiger partial charge in [-0.3, -0.25) is 0 Å². The average molecular weight is 746 g/mol. The number of benzene rings is 7. The molecule has 1 heterocycles.